The second-order valence-electron chi connectivity index (χ2n) is 7.31. The Balaban J connectivity index is 1.52. The molecule has 0 atom stereocenters. The molecule has 1 aliphatic heterocycles. The molecular formula is C22H25N3OS. The quantitative estimate of drug-likeness (QED) is 0.615. The summed E-state index contributed by atoms with van der Waals surface area (Å²) in [6.07, 6.45) is 2.23. The van der Waals surface area contributed by atoms with Gasteiger partial charge in [0, 0.05) is 13.1 Å². The predicted molar refractivity (Wildman–Crippen MR) is 111 cm³/mol. The zero-order valence-corrected chi connectivity index (χ0v) is 16.5. The molecule has 3 aromatic rings. The van der Waals surface area contributed by atoms with Gasteiger partial charge in [-0.3, -0.25) is 4.79 Å². The number of carbonyl (C=O) groups excluding carboxylic acids is 1. The highest BCUT2D eigenvalue weighted by Gasteiger charge is 2.21. The van der Waals surface area contributed by atoms with Gasteiger partial charge in [-0.1, -0.05) is 61.2 Å². The van der Waals surface area contributed by atoms with E-state index in [0.717, 1.165) is 54.6 Å². The third-order valence-corrected chi connectivity index (χ3v) is 6.23. The molecule has 0 saturated carbocycles. The normalized spacial score (nSPS) is 15.4. The number of nitrogens with zero attached hydrogens (tertiary/aromatic N) is 3. The molecule has 4 nitrogen and oxygen atoms in total. The predicted octanol–water partition coefficient (Wildman–Crippen LogP) is 4.44. The van der Waals surface area contributed by atoms with Crippen LogP contribution in [0.15, 0.2) is 59.8 Å². The van der Waals surface area contributed by atoms with Crippen LogP contribution in [-0.2, 0) is 11.3 Å². The van der Waals surface area contributed by atoms with Crippen molar-refractivity contribution in [1.29, 1.82) is 0 Å². The van der Waals surface area contributed by atoms with Gasteiger partial charge in [0.2, 0.25) is 5.91 Å². The second-order valence-corrected chi connectivity index (χ2v) is 8.25. The number of benzene rings is 2. The van der Waals surface area contributed by atoms with Gasteiger partial charge in [0.1, 0.15) is 0 Å². The van der Waals surface area contributed by atoms with Crippen molar-refractivity contribution < 1.29 is 4.79 Å². The minimum atomic E-state index is 0.227. The number of piperidine rings is 1. The lowest BCUT2D eigenvalue weighted by Crippen LogP contribution is -2.38. The van der Waals surface area contributed by atoms with Crippen LogP contribution >= 0.6 is 11.8 Å². The molecule has 0 spiro atoms. The summed E-state index contributed by atoms with van der Waals surface area (Å²) in [5, 5.41) is 0.916. The molecule has 140 valence electrons. The van der Waals surface area contributed by atoms with Crippen molar-refractivity contribution in [2.45, 2.75) is 31.5 Å². The minimum absolute atomic E-state index is 0.227. The first-order valence-electron chi connectivity index (χ1n) is 9.60. The summed E-state index contributed by atoms with van der Waals surface area (Å²) in [7, 11) is 0. The molecular weight excluding hydrogens is 354 g/mol. The summed E-state index contributed by atoms with van der Waals surface area (Å²) in [6.45, 7) is 4.81. The number of amides is 1. The third kappa shape index (κ3) is 4.19. The lowest BCUT2D eigenvalue weighted by atomic mass is 9.99. The van der Waals surface area contributed by atoms with E-state index in [2.05, 4.69) is 41.8 Å². The van der Waals surface area contributed by atoms with E-state index in [1.54, 1.807) is 11.8 Å². The maximum Gasteiger partial charge on any atom is 0.233 e. The third-order valence-electron chi connectivity index (χ3n) is 5.26. The zero-order valence-electron chi connectivity index (χ0n) is 15.7. The number of imidazole rings is 1. The standard InChI is InChI=1S/C22H25N3OS/c1-17-11-13-24(14-12-17)21(26)16-27-22-23-19-9-5-6-10-20(19)25(22)15-18-7-3-2-4-8-18/h2-10,17H,11-16H2,1H3. The van der Waals surface area contributed by atoms with Gasteiger partial charge < -0.3 is 9.47 Å². The Labute approximate surface area is 164 Å². The van der Waals surface area contributed by atoms with Crippen molar-refractivity contribution in [3.8, 4) is 0 Å². The molecule has 0 N–H and O–H groups in total. The van der Waals surface area contributed by atoms with Crippen LogP contribution in [0.3, 0.4) is 0 Å². The van der Waals surface area contributed by atoms with Crippen LogP contribution in [-0.4, -0.2) is 39.2 Å². The van der Waals surface area contributed by atoms with Crippen LogP contribution in [0, 0.1) is 5.92 Å². The Hall–Kier alpha value is -2.27. The van der Waals surface area contributed by atoms with E-state index < -0.39 is 0 Å². The molecule has 1 saturated heterocycles. The van der Waals surface area contributed by atoms with Gasteiger partial charge in [-0.2, -0.15) is 0 Å². The number of thioether (sulfide) groups is 1. The van der Waals surface area contributed by atoms with Crippen molar-refractivity contribution in [1.82, 2.24) is 14.5 Å². The summed E-state index contributed by atoms with van der Waals surface area (Å²) < 4.78 is 2.22. The van der Waals surface area contributed by atoms with Crippen LogP contribution < -0.4 is 0 Å². The number of hydrogen-bond donors (Lipinski definition) is 0. The van der Waals surface area contributed by atoms with Gasteiger partial charge in [-0.25, -0.2) is 4.98 Å². The Morgan fingerprint density at radius 1 is 1.07 bits per heavy atom. The molecule has 5 heteroatoms. The molecule has 2 heterocycles. The van der Waals surface area contributed by atoms with E-state index in [1.165, 1.54) is 5.56 Å². The SMILES string of the molecule is CC1CCN(C(=O)CSc2nc3ccccc3n2Cc2ccccc2)CC1. The Morgan fingerprint density at radius 3 is 2.56 bits per heavy atom. The highest BCUT2D eigenvalue weighted by Crippen LogP contribution is 2.26. The topological polar surface area (TPSA) is 38.1 Å². The largest absolute Gasteiger partial charge is 0.342 e. The maximum absolute atomic E-state index is 12.6. The van der Waals surface area contributed by atoms with Gasteiger partial charge in [-0.15, -0.1) is 0 Å². The first-order valence-corrected chi connectivity index (χ1v) is 10.6. The highest BCUT2D eigenvalue weighted by atomic mass is 32.2. The van der Waals surface area contributed by atoms with Crippen molar-refractivity contribution in [3.63, 3.8) is 0 Å². The van der Waals surface area contributed by atoms with Crippen molar-refractivity contribution >= 4 is 28.7 Å². The summed E-state index contributed by atoms with van der Waals surface area (Å²) in [5.74, 6) is 1.41. The Bertz CT molecular complexity index is 914. The lowest BCUT2D eigenvalue weighted by molar-refractivity contribution is -0.129. The number of rotatable bonds is 5. The van der Waals surface area contributed by atoms with Crippen LogP contribution in [0.2, 0.25) is 0 Å². The van der Waals surface area contributed by atoms with E-state index in [4.69, 9.17) is 4.98 Å². The van der Waals surface area contributed by atoms with Crippen LogP contribution in [0.1, 0.15) is 25.3 Å². The van der Waals surface area contributed by atoms with Crippen LogP contribution in [0.5, 0.6) is 0 Å². The van der Waals surface area contributed by atoms with Crippen LogP contribution in [0.25, 0.3) is 11.0 Å². The van der Waals surface area contributed by atoms with E-state index in [0.29, 0.717) is 5.75 Å². The minimum Gasteiger partial charge on any atom is -0.342 e. The summed E-state index contributed by atoms with van der Waals surface area (Å²) >= 11 is 1.56. The fourth-order valence-corrected chi connectivity index (χ4v) is 4.47. The number of para-hydroxylation sites is 2. The fourth-order valence-electron chi connectivity index (χ4n) is 3.56. The number of fused-ring (bicyclic) bond motifs is 1. The molecule has 27 heavy (non-hydrogen) atoms. The smallest absolute Gasteiger partial charge is 0.233 e. The molecule has 1 aromatic heterocycles. The zero-order chi connectivity index (χ0) is 18.6. The average molecular weight is 380 g/mol. The molecule has 1 aliphatic rings. The Kier molecular flexibility index (Phi) is 5.48. The van der Waals surface area contributed by atoms with E-state index in [9.17, 15) is 4.79 Å². The van der Waals surface area contributed by atoms with E-state index >= 15 is 0 Å². The summed E-state index contributed by atoms with van der Waals surface area (Å²) in [4.78, 5) is 19.4. The first-order chi connectivity index (χ1) is 13.2. The number of aromatic nitrogens is 2. The monoisotopic (exact) mass is 379 g/mol. The molecule has 0 bridgehead atoms. The Morgan fingerprint density at radius 2 is 1.78 bits per heavy atom. The lowest BCUT2D eigenvalue weighted by Gasteiger charge is -2.30. The fraction of sp³-hybridized carbons (Fsp3) is 0.364. The molecule has 0 radical (unpaired) electrons. The van der Waals surface area contributed by atoms with Gasteiger partial charge in [0.25, 0.3) is 0 Å². The molecule has 0 aliphatic carbocycles. The van der Waals surface area contributed by atoms with Crippen LogP contribution in [0.4, 0.5) is 0 Å². The van der Waals surface area contributed by atoms with Gasteiger partial charge in [-0.05, 0) is 36.5 Å². The van der Waals surface area contributed by atoms with Crippen molar-refractivity contribution in [2.75, 3.05) is 18.8 Å². The van der Waals surface area contributed by atoms with E-state index in [1.807, 2.05) is 29.2 Å². The summed E-state index contributed by atoms with van der Waals surface area (Å²) in [5.41, 5.74) is 3.33. The summed E-state index contributed by atoms with van der Waals surface area (Å²) in [6, 6.07) is 18.6. The molecule has 0 unspecified atom stereocenters. The molecule has 1 fully saturated rings. The molecule has 2 aromatic carbocycles. The van der Waals surface area contributed by atoms with E-state index in [-0.39, 0.29) is 5.91 Å². The van der Waals surface area contributed by atoms with Crippen molar-refractivity contribution in [2.24, 2.45) is 5.92 Å². The molecule has 1 amide bonds. The van der Waals surface area contributed by atoms with Gasteiger partial charge in [0.15, 0.2) is 5.16 Å². The molecule has 4 rings (SSSR count). The maximum atomic E-state index is 12.6. The number of carbonyl (C=O) groups is 1. The highest BCUT2D eigenvalue weighted by molar-refractivity contribution is 7.99. The number of likely N-dealkylation sites (tertiary alicyclic amines) is 1. The first kappa shape index (κ1) is 18.1. The van der Waals surface area contributed by atoms with Crippen molar-refractivity contribution in [3.05, 3.63) is 60.2 Å². The number of hydrogen-bond acceptors (Lipinski definition) is 3. The average Bonchev–Trinajstić information content (AvgIpc) is 3.05. The van der Waals surface area contributed by atoms with Gasteiger partial charge in [0.05, 0.1) is 23.3 Å². The second kappa shape index (κ2) is 8.17. The van der Waals surface area contributed by atoms with Gasteiger partial charge >= 0.3 is 0 Å².